The smallest absolute Gasteiger partial charge is 0.264 e. The van der Waals surface area contributed by atoms with Gasteiger partial charge in [0.2, 0.25) is 5.91 Å². The Hall–Kier alpha value is -3.74. The van der Waals surface area contributed by atoms with Crippen molar-refractivity contribution in [2.45, 2.75) is 33.7 Å². The summed E-state index contributed by atoms with van der Waals surface area (Å²) in [6.45, 7) is 5.99. The molecule has 0 aliphatic carbocycles. The van der Waals surface area contributed by atoms with Crippen molar-refractivity contribution in [3.8, 4) is 5.69 Å². The Morgan fingerprint density at radius 1 is 1.10 bits per heavy atom. The third kappa shape index (κ3) is 3.61. The number of hydrogen-bond acceptors (Lipinski definition) is 4. The molecule has 4 rings (SSSR count). The van der Waals surface area contributed by atoms with Gasteiger partial charge in [0.05, 0.1) is 11.9 Å². The first-order valence-electron chi connectivity index (χ1n) is 9.86. The van der Waals surface area contributed by atoms with Crippen molar-refractivity contribution < 1.29 is 4.79 Å². The van der Waals surface area contributed by atoms with E-state index in [1.165, 1.54) is 22.7 Å². The van der Waals surface area contributed by atoms with Gasteiger partial charge in [-0.25, -0.2) is 9.67 Å². The number of fused-ring (bicyclic) bond motifs is 1. The van der Waals surface area contributed by atoms with E-state index in [0.717, 1.165) is 23.2 Å². The van der Waals surface area contributed by atoms with Crippen molar-refractivity contribution in [2.24, 2.45) is 0 Å². The maximum absolute atomic E-state index is 12.9. The van der Waals surface area contributed by atoms with Crippen LogP contribution in [-0.4, -0.2) is 25.2 Å². The summed E-state index contributed by atoms with van der Waals surface area (Å²) in [5.74, 6) is -0.288. The minimum atomic E-state index is -0.298. The van der Waals surface area contributed by atoms with Crippen molar-refractivity contribution in [3.05, 3.63) is 82.0 Å². The third-order valence-corrected chi connectivity index (χ3v) is 5.32. The van der Waals surface area contributed by atoms with E-state index in [4.69, 9.17) is 0 Å². The Bertz CT molecular complexity index is 1290. The summed E-state index contributed by atoms with van der Waals surface area (Å²) in [5, 5.41) is 7.56. The van der Waals surface area contributed by atoms with Gasteiger partial charge >= 0.3 is 0 Å². The standard InChI is InChI=1S/C23H23N5O2/c1-4-17-8-10-18(11-9-17)26-21(29)13-27-14-24-22-19(23(27)30)12-25-28(22)20-7-5-6-15(2)16(20)3/h5-12,14H,4,13H2,1-3H3,(H,26,29). The molecule has 4 aromatic rings. The van der Waals surface area contributed by atoms with Gasteiger partial charge in [-0.05, 0) is 55.2 Å². The van der Waals surface area contributed by atoms with Crippen LogP contribution in [0.15, 0.2) is 59.8 Å². The molecule has 1 amide bonds. The van der Waals surface area contributed by atoms with E-state index in [9.17, 15) is 9.59 Å². The van der Waals surface area contributed by atoms with Gasteiger partial charge in [0.1, 0.15) is 18.3 Å². The molecule has 30 heavy (non-hydrogen) atoms. The quantitative estimate of drug-likeness (QED) is 0.556. The molecule has 1 N–H and O–H groups in total. The molecule has 0 aliphatic heterocycles. The number of benzene rings is 2. The van der Waals surface area contributed by atoms with Crippen molar-refractivity contribution in [1.82, 2.24) is 19.3 Å². The third-order valence-electron chi connectivity index (χ3n) is 5.32. The fourth-order valence-electron chi connectivity index (χ4n) is 3.38. The molecule has 0 radical (unpaired) electrons. The molecule has 2 aromatic heterocycles. The first-order chi connectivity index (χ1) is 14.5. The van der Waals surface area contributed by atoms with Gasteiger partial charge in [0.25, 0.3) is 5.56 Å². The number of nitrogens with zero attached hydrogens (tertiary/aromatic N) is 4. The van der Waals surface area contributed by atoms with Crippen LogP contribution >= 0.6 is 0 Å². The van der Waals surface area contributed by atoms with Crippen molar-refractivity contribution in [2.75, 3.05) is 5.32 Å². The van der Waals surface area contributed by atoms with Crippen LogP contribution in [0.5, 0.6) is 0 Å². The predicted molar refractivity (Wildman–Crippen MR) is 117 cm³/mol. The number of anilines is 1. The number of nitrogens with one attached hydrogen (secondary N) is 1. The average molecular weight is 401 g/mol. The van der Waals surface area contributed by atoms with Crippen LogP contribution in [0, 0.1) is 13.8 Å². The van der Waals surface area contributed by atoms with Crippen LogP contribution in [0.3, 0.4) is 0 Å². The summed E-state index contributed by atoms with van der Waals surface area (Å²) < 4.78 is 2.96. The first kappa shape index (κ1) is 19.6. The number of carbonyl (C=O) groups is 1. The second-order valence-electron chi connectivity index (χ2n) is 7.29. The van der Waals surface area contributed by atoms with E-state index in [-0.39, 0.29) is 18.0 Å². The van der Waals surface area contributed by atoms with Gasteiger partial charge < -0.3 is 5.32 Å². The van der Waals surface area contributed by atoms with Crippen LogP contribution in [0.1, 0.15) is 23.6 Å². The molecule has 152 valence electrons. The fraction of sp³-hybridized carbons (Fsp3) is 0.217. The summed E-state index contributed by atoms with van der Waals surface area (Å²) in [5.41, 5.74) is 5.15. The molecule has 0 saturated carbocycles. The van der Waals surface area contributed by atoms with Crippen LogP contribution < -0.4 is 10.9 Å². The fourth-order valence-corrected chi connectivity index (χ4v) is 3.38. The van der Waals surface area contributed by atoms with Crippen molar-refractivity contribution >= 4 is 22.6 Å². The Morgan fingerprint density at radius 3 is 2.60 bits per heavy atom. The number of rotatable bonds is 5. The molecule has 0 fully saturated rings. The highest BCUT2D eigenvalue weighted by atomic mass is 16.2. The number of amides is 1. The highest BCUT2D eigenvalue weighted by molar-refractivity contribution is 5.90. The molecule has 2 heterocycles. The summed E-state index contributed by atoms with van der Waals surface area (Å²) >= 11 is 0. The van der Waals surface area contributed by atoms with Crippen molar-refractivity contribution in [3.63, 3.8) is 0 Å². The molecule has 2 aromatic carbocycles. The lowest BCUT2D eigenvalue weighted by molar-refractivity contribution is -0.116. The zero-order valence-electron chi connectivity index (χ0n) is 17.2. The van der Waals surface area contributed by atoms with E-state index < -0.39 is 0 Å². The van der Waals surface area contributed by atoms with E-state index in [2.05, 4.69) is 22.3 Å². The summed E-state index contributed by atoms with van der Waals surface area (Å²) in [6, 6.07) is 13.6. The SMILES string of the molecule is CCc1ccc(NC(=O)Cn2cnc3c(cnn3-c3cccc(C)c3C)c2=O)cc1. The average Bonchev–Trinajstić information content (AvgIpc) is 3.17. The maximum atomic E-state index is 12.9. The summed E-state index contributed by atoms with van der Waals surface area (Å²) in [6.07, 6.45) is 3.84. The van der Waals surface area contributed by atoms with Gasteiger partial charge in [-0.15, -0.1) is 0 Å². The second-order valence-corrected chi connectivity index (χ2v) is 7.29. The maximum Gasteiger partial charge on any atom is 0.264 e. The van der Waals surface area contributed by atoms with E-state index >= 15 is 0 Å². The van der Waals surface area contributed by atoms with Gasteiger partial charge in [-0.3, -0.25) is 14.2 Å². The second kappa shape index (κ2) is 7.94. The van der Waals surface area contributed by atoms with Crippen LogP contribution in [0.4, 0.5) is 5.69 Å². The Balaban J connectivity index is 1.60. The highest BCUT2D eigenvalue weighted by Crippen LogP contribution is 2.20. The zero-order chi connectivity index (χ0) is 21.3. The molecule has 0 aliphatic rings. The molecule has 7 nitrogen and oxygen atoms in total. The molecule has 0 unspecified atom stereocenters. The van der Waals surface area contributed by atoms with Crippen LogP contribution in [0.2, 0.25) is 0 Å². The lowest BCUT2D eigenvalue weighted by Crippen LogP contribution is -2.27. The van der Waals surface area contributed by atoms with Gasteiger partial charge in [0, 0.05) is 5.69 Å². The number of carbonyl (C=O) groups excluding carboxylic acids is 1. The zero-order valence-corrected chi connectivity index (χ0v) is 17.2. The molecule has 0 saturated heterocycles. The number of hydrogen-bond donors (Lipinski definition) is 1. The minimum Gasteiger partial charge on any atom is -0.325 e. The van der Waals surface area contributed by atoms with E-state index in [1.54, 1.807) is 4.68 Å². The summed E-state index contributed by atoms with van der Waals surface area (Å²) in [7, 11) is 0. The Labute approximate surface area is 174 Å². The number of aryl methyl sites for hydroxylation is 2. The Morgan fingerprint density at radius 2 is 1.87 bits per heavy atom. The molecule has 0 atom stereocenters. The first-order valence-corrected chi connectivity index (χ1v) is 9.86. The highest BCUT2D eigenvalue weighted by Gasteiger charge is 2.15. The topological polar surface area (TPSA) is 81.8 Å². The molecule has 0 spiro atoms. The van der Waals surface area contributed by atoms with E-state index in [1.807, 2.05) is 56.3 Å². The summed E-state index contributed by atoms with van der Waals surface area (Å²) in [4.78, 5) is 29.7. The normalized spacial score (nSPS) is 11.0. The minimum absolute atomic E-state index is 0.119. The largest absolute Gasteiger partial charge is 0.325 e. The van der Waals surface area contributed by atoms with Crippen molar-refractivity contribution in [1.29, 1.82) is 0 Å². The number of aromatic nitrogens is 4. The van der Waals surface area contributed by atoms with Crippen LogP contribution in [-0.2, 0) is 17.8 Å². The molecular weight excluding hydrogens is 378 g/mol. The van der Waals surface area contributed by atoms with E-state index in [0.29, 0.717) is 16.7 Å². The van der Waals surface area contributed by atoms with Gasteiger partial charge in [-0.1, -0.05) is 31.2 Å². The van der Waals surface area contributed by atoms with Crippen LogP contribution in [0.25, 0.3) is 16.7 Å². The predicted octanol–water partition coefficient (Wildman–Crippen LogP) is 3.40. The van der Waals surface area contributed by atoms with Gasteiger partial charge in [0.15, 0.2) is 5.65 Å². The molecule has 0 bridgehead atoms. The Kier molecular flexibility index (Phi) is 5.18. The molecule has 7 heteroatoms. The van der Waals surface area contributed by atoms with Gasteiger partial charge in [-0.2, -0.15) is 5.10 Å². The lowest BCUT2D eigenvalue weighted by atomic mass is 10.1. The monoisotopic (exact) mass is 401 g/mol. The lowest BCUT2D eigenvalue weighted by Gasteiger charge is -2.10. The molecular formula is C23H23N5O2.